The van der Waals surface area contributed by atoms with Gasteiger partial charge in [0, 0.05) is 11.3 Å². The van der Waals surface area contributed by atoms with E-state index in [1.165, 1.54) is 6.07 Å². The predicted octanol–water partition coefficient (Wildman–Crippen LogP) is 3.22. The van der Waals surface area contributed by atoms with E-state index in [1.807, 2.05) is 26.0 Å². The standard InChI is InChI=1S/C14H14FN3S/c1-8-3-5-12(9(2)17-8)18-13-6-4-10(14(16)19)7-11(13)15/h3-7,18H,1-2H3,(H2,16,19). The van der Waals surface area contributed by atoms with Gasteiger partial charge < -0.3 is 11.1 Å². The van der Waals surface area contributed by atoms with Crippen LogP contribution in [-0.2, 0) is 0 Å². The molecule has 0 radical (unpaired) electrons. The SMILES string of the molecule is Cc1ccc(Nc2ccc(C(N)=S)cc2F)c(C)n1. The van der Waals surface area contributed by atoms with E-state index in [2.05, 4.69) is 10.3 Å². The van der Waals surface area contributed by atoms with Gasteiger partial charge in [-0.3, -0.25) is 4.98 Å². The highest BCUT2D eigenvalue weighted by atomic mass is 32.1. The maximum atomic E-state index is 13.9. The molecule has 0 atom stereocenters. The van der Waals surface area contributed by atoms with E-state index < -0.39 is 5.82 Å². The van der Waals surface area contributed by atoms with E-state index in [0.29, 0.717) is 11.3 Å². The quantitative estimate of drug-likeness (QED) is 0.845. The lowest BCUT2D eigenvalue weighted by molar-refractivity contribution is 0.631. The zero-order chi connectivity index (χ0) is 14.0. The third-order valence-electron chi connectivity index (χ3n) is 2.75. The van der Waals surface area contributed by atoms with Crippen LogP contribution in [0.5, 0.6) is 0 Å². The highest BCUT2D eigenvalue weighted by molar-refractivity contribution is 7.80. The van der Waals surface area contributed by atoms with E-state index in [-0.39, 0.29) is 4.99 Å². The number of nitrogens with zero attached hydrogens (tertiary/aromatic N) is 1. The van der Waals surface area contributed by atoms with Crippen molar-refractivity contribution in [2.24, 2.45) is 5.73 Å². The fourth-order valence-electron chi connectivity index (χ4n) is 1.73. The average Bonchev–Trinajstić information content (AvgIpc) is 2.34. The van der Waals surface area contributed by atoms with Crippen LogP contribution in [-0.4, -0.2) is 9.97 Å². The summed E-state index contributed by atoms with van der Waals surface area (Å²) in [5, 5.41) is 3.01. The fourth-order valence-corrected chi connectivity index (χ4v) is 1.86. The summed E-state index contributed by atoms with van der Waals surface area (Å²) in [6, 6.07) is 8.37. The van der Waals surface area contributed by atoms with Crippen LogP contribution < -0.4 is 11.1 Å². The van der Waals surface area contributed by atoms with Crippen LogP contribution in [0.2, 0.25) is 0 Å². The molecule has 1 aromatic heterocycles. The number of nitrogens with two attached hydrogens (primary N) is 1. The van der Waals surface area contributed by atoms with E-state index in [4.69, 9.17) is 18.0 Å². The molecule has 1 aromatic carbocycles. The highest BCUT2D eigenvalue weighted by Crippen LogP contribution is 2.23. The minimum atomic E-state index is -0.398. The van der Waals surface area contributed by atoms with Crippen molar-refractivity contribution in [3.05, 3.63) is 53.1 Å². The van der Waals surface area contributed by atoms with Gasteiger partial charge in [-0.25, -0.2) is 4.39 Å². The van der Waals surface area contributed by atoms with Crippen molar-refractivity contribution in [3.8, 4) is 0 Å². The van der Waals surface area contributed by atoms with Gasteiger partial charge in [0.1, 0.15) is 10.8 Å². The van der Waals surface area contributed by atoms with Crippen LogP contribution in [0, 0.1) is 19.7 Å². The van der Waals surface area contributed by atoms with Gasteiger partial charge in [-0.1, -0.05) is 12.2 Å². The number of nitrogens with one attached hydrogen (secondary N) is 1. The number of hydrogen-bond acceptors (Lipinski definition) is 3. The predicted molar refractivity (Wildman–Crippen MR) is 79.3 cm³/mol. The van der Waals surface area contributed by atoms with Gasteiger partial charge in [0.2, 0.25) is 0 Å². The Bertz CT molecular complexity index is 641. The summed E-state index contributed by atoms with van der Waals surface area (Å²) < 4.78 is 13.9. The Morgan fingerprint density at radius 2 is 1.89 bits per heavy atom. The van der Waals surface area contributed by atoms with Crippen LogP contribution >= 0.6 is 12.2 Å². The maximum Gasteiger partial charge on any atom is 0.147 e. The van der Waals surface area contributed by atoms with Crippen molar-refractivity contribution in [3.63, 3.8) is 0 Å². The first-order valence-electron chi connectivity index (χ1n) is 5.78. The van der Waals surface area contributed by atoms with Crippen LogP contribution in [0.15, 0.2) is 30.3 Å². The highest BCUT2D eigenvalue weighted by Gasteiger charge is 2.07. The van der Waals surface area contributed by atoms with Crippen molar-refractivity contribution in [1.82, 2.24) is 4.98 Å². The average molecular weight is 275 g/mol. The van der Waals surface area contributed by atoms with Crippen molar-refractivity contribution >= 4 is 28.6 Å². The number of benzene rings is 1. The summed E-state index contributed by atoms with van der Waals surface area (Å²) in [7, 11) is 0. The minimum absolute atomic E-state index is 0.179. The lowest BCUT2D eigenvalue weighted by atomic mass is 10.2. The lowest BCUT2D eigenvalue weighted by Gasteiger charge is -2.11. The summed E-state index contributed by atoms with van der Waals surface area (Å²) in [5.41, 5.74) is 8.85. The van der Waals surface area contributed by atoms with Crippen molar-refractivity contribution < 1.29 is 4.39 Å². The van der Waals surface area contributed by atoms with Gasteiger partial charge in [-0.05, 0) is 44.2 Å². The summed E-state index contributed by atoms with van der Waals surface area (Å²) in [4.78, 5) is 4.50. The second kappa shape index (κ2) is 5.32. The zero-order valence-corrected chi connectivity index (χ0v) is 11.5. The smallest absolute Gasteiger partial charge is 0.147 e. The molecule has 0 aliphatic heterocycles. The first kappa shape index (κ1) is 13.4. The number of aromatic nitrogens is 1. The van der Waals surface area contributed by atoms with Gasteiger partial charge >= 0.3 is 0 Å². The number of aryl methyl sites for hydroxylation is 2. The molecule has 0 spiro atoms. The molecule has 2 rings (SSSR count). The van der Waals surface area contributed by atoms with Crippen molar-refractivity contribution in [2.75, 3.05) is 5.32 Å². The Labute approximate surface area is 116 Å². The molecule has 0 fully saturated rings. The summed E-state index contributed by atoms with van der Waals surface area (Å²) in [5.74, 6) is -0.398. The van der Waals surface area contributed by atoms with E-state index in [9.17, 15) is 4.39 Å². The van der Waals surface area contributed by atoms with Crippen molar-refractivity contribution in [2.45, 2.75) is 13.8 Å². The molecule has 2 aromatic rings. The van der Waals surface area contributed by atoms with Crippen molar-refractivity contribution in [1.29, 1.82) is 0 Å². The molecule has 3 nitrogen and oxygen atoms in total. The van der Waals surface area contributed by atoms with Crippen LogP contribution in [0.3, 0.4) is 0 Å². The Hall–Kier alpha value is -2.01. The number of rotatable bonds is 3. The van der Waals surface area contributed by atoms with Crippen LogP contribution in [0.25, 0.3) is 0 Å². The number of halogens is 1. The first-order chi connectivity index (χ1) is 8.97. The second-order valence-corrected chi connectivity index (χ2v) is 4.71. The Morgan fingerprint density at radius 3 is 2.47 bits per heavy atom. The first-order valence-corrected chi connectivity index (χ1v) is 6.19. The maximum absolute atomic E-state index is 13.9. The normalized spacial score (nSPS) is 10.3. The second-order valence-electron chi connectivity index (χ2n) is 4.27. The molecular formula is C14H14FN3S. The molecule has 0 aliphatic carbocycles. The summed E-state index contributed by atoms with van der Waals surface area (Å²) in [6.45, 7) is 3.78. The van der Waals surface area contributed by atoms with Crippen LogP contribution in [0.1, 0.15) is 17.0 Å². The molecule has 98 valence electrons. The molecule has 0 bridgehead atoms. The van der Waals surface area contributed by atoms with Gasteiger partial charge in [0.25, 0.3) is 0 Å². The molecule has 0 saturated carbocycles. The van der Waals surface area contributed by atoms with E-state index in [1.54, 1.807) is 12.1 Å². The molecule has 0 amide bonds. The molecule has 0 aliphatic rings. The largest absolute Gasteiger partial charge is 0.389 e. The molecule has 3 N–H and O–H groups in total. The summed E-state index contributed by atoms with van der Waals surface area (Å²) >= 11 is 4.81. The van der Waals surface area contributed by atoms with E-state index >= 15 is 0 Å². The Balaban J connectivity index is 2.31. The molecule has 5 heteroatoms. The zero-order valence-electron chi connectivity index (χ0n) is 10.7. The summed E-state index contributed by atoms with van der Waals surface area (Å²) in [6.07, 6.45) is 0. The molecule has 19 heavy (non-hydrogen) atoms. The Morgan fingerprint density at radius 1 is 1.21 bits per heavy atom. The molecule has 0 unspecified atom stereocenters. The fraction of sp³-hybridized carbons (Fsp3) is 0.143. The number of pyridine rings is 1. The van der Waals surface area contributed by atoms with E-state index in [0.717, 1.165) is 17.1 Å². The molecule has 0 saturated heterocycles. The Kier molecular flexibility index (Phi) is 3.76. The molecular weight excluding hydrogens is 261 g/mol. The van der Waals surface area contributed by atoms with Gasteiger partial charge in [0.05, 0.1) is 17.1 Å². The lowest BCUT2D eigenvalue weighted by Crippen LogP contribution is -2.10. The molecule has 1 heterocycles. The monoisotopic (exact) mass is 275 g/mol. The van der Waals surface area contributed by atoms with Crippen LogP contribution in [0.4, 0.5) is 15.8 Å². The van der Waals surface area contributed by atoms with Gasteiger partial charge in [-0.2, -0.15) is 0 Å². The van der Waals surface area contributed by atoms with Gasteiger partial charge in [0.15, 0.2) is 0 Å². The minimum Gasteiger partial charge on any atom is -0.389 e. The number of hydrogen-bond donors (Lipinski definition) is 2. The third kappa shape index (κ3) is 3.06. The third-order valence-corrected chi connectivity index (χ3v) is 2.98. The number of thiocarbonyl (C=S) groups is 1. The van der Waals surface area contributed by atoms with Gasteiger partial charge in [-0.15, -0.1) is 0 Å². The number of anilines is 2. The topological polar surface area (TPSA) is 50.9 Å².